The number of hydrogen-bond donors (Lipinski definition) is 0. The highest BCUT2D eigenvalue weighted by atomic mass is 16.5. The monoisotopic (exact) mass is 162 g/mol. The molecule has 0 bridgehead atoms. The maximum atomic E-state index is 5.40. The number of rotatable bonds is 3. The Morgan fingerprint density at radius 3 is 2.75 bits per heavy atom. The first kappa shape index (κ1) is 8.85. The van der Waals surface area contributed by atoms with Gasteiger partial charge in [-0.1, -0.05) is 31.2 Å². The quantitative estimate of drug-likeness (QED) is 0.620. The summed E-state index contributed by atoms with van der Waals surface area (Å²) in [4.78, 5) is 0. The summed E-state index contributed by atoms with van der Waals surface area (Å²) in [7, 11) is 0. The van der Waals surface area contributed by atoms with Gasteiger partial charge >= 0.3 is 0 Å². The summed E-state index contributed by atoms with van der Waals surface area (Å²) in [5.41, 5.74) is 1.25. The minimum atomic E-state index is 0.957. The van der Waals surface area contributed by atoms with E-state index in [1.807, 2.05) is 31.2 Å². The van der Waals surface area contributed by atoms with E-state index < -0.39 is 0 Å². The highest BCUT2D eigenvalue weighted by Gasteiger charge is 1.96. The van der Waals surface area contributed by atoms with E-state index in [1.165, 1.54) is 5.56 Å². The summed E-state index contributed by atoms with van der Waals surface area (Å²) in [6.07, 6.45) is 4.59. The lowest BCUT2D eigenvalue weighted by molar-refractivity contribution is 0.474. The van der Waals surface area contributed by atoms with Gasteiger partial charge in [-0.3, -0.25) is 0 Å². The van der Waals surface area contributed by atoms with Crippen LogP contribution in [0.3, 0.4) is 0 Å². The predicted molar refractivity (Wildman–Crippen MR) is 51.3 cm³/mol. The number of para-hydroxylation sites is 1. The standard InChI is InChI=1S/C11H14O/c1-3-9-12-11-8-6-5-7-10(11)4-2/h3,5-9H,4H2,1-2H3/b9-3-. The van der Waals surface area contributed by atoms with Gasteiger partial charge < -0.3 is 4.74 Å². The van der Waals surface area contributed by atoms with Gasteiger partial charge in [0.15, 0.2) is 0 Å². The lowest BCUT2D eigenvalue weighted by Gasteiger charge is -2.04. The van der Waals surface area contributed by atoms with Gasteiger partial charge in [0.05, 0.1) is 6.26 Å². The van der Waals surface area contributed by atoms with E-state index in [9.17, 15) is 0 Å². The summed E-state index contributed by atoms with van der Waals surface area (Å²) >= 11 is 0. The number of ether oxygens (including phenoxy) is 1. The molecule has 0 aromatic heterocycles. The van der Waals surface area contributed by atoms with E-state index in [0.717, 1.165) is 12.2 Å². The molecule has 12 heavy (non-hydrogen) atoms. The molecule has 0 spiro atoms. The second kappa shape index (κ2) is 4.60. The minimum Gasteiger partial charge on any atom is -0.465 e. The van der Waals surface area contributed by atoms with Crippen molar-refractivity contribution in [3.05, 3.63) is 42.2 Å². The van der Waals surface area contributed by atoms with Crippen molar-refractivity contribution in [2.45, 2.75) is 20.3 Å². The molecule has 0 N–H and O–H groups in total. The maximum absolute atomic E-state index is 5.40. The molecule has 0 aliphatic rings. The van der Waals surface area contributed by atoms with Crippen LogP contribution in [-0.2, 0) is 6.42 Å². The van der Waals surface area contributed by atoms with Crippen LogP contribution < -0.4 is 4.74 Å². The zero-order chi connectivity index (χ0) is 8.81. The fourth-order valence-corrected chi connectivity index (χ4v) is 1.05. The molecule has 64 valence electrons. The first-order valence-electron chi connectivity index (χ1n) is 4.24. The van der Waals surface area contributed by atoms with Crippen LogP contribution in [0.5, 0.6) is 5.75 Å². The molecule has 0 aliphatic carbocycles. The number of hydrogen-bond acceptors (Lipinski definition) is 1. The molecule has 1 heteroatoms. The molecule has 0 heterocycles. The number of benzene rings is 1. The van der Waals surface area contributed by atoms with E-state index in [2.05, 4.69) is 13.0 Å². The molecule has 0 saturated heterocycles. The lowest BCUT2D eigenvalue weighted by atomic mass is 10.1. The normalized spacial score (nSPS) is 10.5. The van der Waals surface area contributed by atoms with Gasteiger partial charge in [0.1, 0.15) is 5.75 Å². The summed E-state index contributed by atoms with van der Waals surface area (Å²) in [6.45, 7) is 4.06. The summed E-state index contributed by atoms with van der Waals surface area (Å²) in [6, 6.07) is 8.08. The lowest BCUT2D eigenvalue weighted by Crippen LogP contribution is -1.87. The van der Waals surface area contributed by atoms with Crippen molar-refractivity contribution in [3.63, 3.8) is 0 Å². The first-order valence-corrected chi connectivity index (χ1v) is 4.24. The number of aryl methyl sites for hydroxylation is 1. The molecule has 1 rings (SSSR count). The van der Waals surface area contributed by atoms with Crippen LogP contribution in [0.4, 0.5) is 0 Å². The highest BCUT2D eigenvalue weighted by Crippen LogP contribution is 2.18. The van der Waals surface area contributed by atoms with Crippen LogP contribution >= 0.6 is 0 Å². The molecule has 0 amide bonds. The Balaban J connectivity index is 2.81. The van der Waals surface area contributed by atoms with Crippen LogP contribution in [-0.4, -0.2) is 0 Å². The van der Waals surface area contributed by atoms with E-state index >= 15 is 0 Å². The Labute approximate surface area is 73.7 Å². The van der Waals surface area contributed by atoms with Gasteiger partial charge in [-0.25, -0.2) is 0 Å². The van der Waals surface area contributed by atoms with E-state index in [1.54, 1.807) is 6.26 Å². The predicted octanol–water partition coefficient (Wildman–Crippen LogP) is 3.16. The number of allylic oxidation sites excluding steroid dienone is 1. The van der Waals surface area contributed by atoms with Gasteiger partial charge in [0.2, 0.25) is 0 Å². The van der Waals surface area contributed by atoms with Crippen molar-refractivity contribution >= 4 is 0 Å². The zero-order valence-electron chi connectivity index (χ0n) is 7.58. The Kier molecular flexibility index (Phi) is 3.39. The highest BCUT2D eigenvalue weighted by molar-refractivity contribution is 5.33. The Morgan fingerprint density at radius 2 is 2.08 bits per heavy atom. The van der Waals surface area contributed by atoms with Crippen LogP contribution in [0.15, 0.2) is 36.6 Å². The molecule has 0 unspecified atom stereocenters. The van der Waals surface area contributed by atoms with Crippen LogP contribution in [0.1, 0.15) is 19.4 Å². The molecule has 0 saturated carbocycles. The third kappa shape index (κ3) is 2.12. The van der Waals surface area contributed by atoms with E-state index in [0.29, 0.717) is 0 Å². The van der Waals surface area contributed by atoms with Crippen molar-refractivity contribution in [1.29, 1.82) is 0 Å². The topological polar surface area (TPSA) is 9.23 Å². The van der Waals surface area contributed by atoms with Crippen molar-refractivity contribution < 1.29 is 4.74 Å². The van der Waals surface area contributed by atoms with Gasteiger partial charge in [-0.15, -0.1) is 0 Å². The largest absolute Gasteiger partial charge is 0.465 e. The smallest absolute Gasteiger partial charge is 0.129 e. The van der Waals surface area contributed by atoms with Crippen LogP contribution in [0, 0.1) is 0 Å². The first-order chi connectivity index (χ1) is 5.88. The van der Waals surface area contributed by atoms with Crippen LogP contribution in [0.25, 0.3) is 0 Å². The third-order valence-corrected chi connectivity index (χ3v) is 1.68. The average molecular weight is 162 g/mol. The molecular weight excluding hydrogens is 148 g/mol. The summed E-state index contributed by atoms with van der Waals surface area (Å²) < 4.78 is 5.40. The van der Waals surface area contributed by atoms with Gasteiger partial charge in [0, 0.05) is 0 Å². The molecular formula is C11H14O. The van der Waals surface area contributed by atoms with E-state index in [4.69, 9.17) is 4.74 Å². The SMILES string of the molecule is C/C=C\Oc1ccccc1CC. The van der Waals surface area contributed by atoms with E-state index in [-0.39, 0.29) is 0 Å². The van der Waals surface area contributed by atoms with Crippen molar-refractivity contribution in [2.75, 3.05) is 0 Å². The second-order valence-electron chi connectivity index (χ2n) is 2.55. The maximum Gasteiger partial charge on any atom is 0.129 e. The van der Waals surface area contributed by atoms with Crippen molar-refractivity contribution in [2.24, 2.45) is 0 Å². The summed E-state index contributed by atoms with van der Waals surface area (Å²) in [5, 5.41) is 0. The van der Waals surface area contributed by atoms with Crippen LogP contribution in [0.2, 0.25) is 0 Å². The minimum absolute atomic E-state index is 0.957. The van der Waals surface area contributed by atoms with Crippen molar-refractivity contribution in [1.82, 2.24) is 0 Å². The molecule has 0 atom stereocenters. The Morgan fingerprint density at radius 1 is 1.33 bits per heavy atom. The third-order valence-electron chi connectivity index (χ3n) is 1.68. The molecule has 1 aromatic carbocycles. The van der Waals surface area contributed by atoms with Gasteiger partial charge in [-0.2, -0.15) is 0 Å². The molecule has 0 radical (unpaired) electrons. The average Bonchev–Trinajstić information content (AvgIpc) is 2.15. The molecule has 1 aromatic rings. The fraction of sp³-hybridized carbons (Fsp3) is 0.273. The summed E-state index contributed by atoms with van der Waals surface area (Å²) in [5.74, 6) is 0.957. The molecule has 0 aliphatic heterocycles. The second-order valence-corrected chi connectivity index (χ2v) is 2.55. The molecule has 1 nitrogen and oxygen atoms in total. The Bertz CT molecular complexity index is 263. The zero-order valence-corrected chi connectivity index (χ0v) is 7.58. The Hall–Kier alpha value is -1.24. The fourth-order valence-electron chi connectivity index (χ4n) is 1.05. The van der Waals surface area contributed by atoms with Crippen molar-refractivity contribution in [3.8, 4) is 5.75 Å². The van der Waals surface area contributed by atoms with Gasteiger partial charge in [-0.05, 0) is 25.0 Å². The molecule has 0 fully saturated rings. The van der Waals surface area contributed by atoms with Gasteiger partial charge in [0.25, 0.3) is 0 Å².